The molecule has 1 aromatic carbocycles. The van der Waals surface area contributed by atoms with Crippen LogP contribution in [0.15, 0.2) is 40.0 Å². The Labute approximate surface area is 152 Å². The monoisotopic (exact) mass is 386 g/mol. The van der Waals surface area contributed by atoms with E-state index in [4.69, 9.17) is 10.2 Å². The highest BCUT2D eigenvalue weighted by atomic mass is 35.5. The summed E-state index contributed by atoms with van der Waals surface area (Å²) in [5.41, 5.74) is 8.46. The van der Waals surface area contributed by atoms with Crippen molar-refractivity contribution in [1.29, 1.82) is 0 Å². The number of aryl methyl sites for hydroxylation is 1. The molecule has 25 heavy (non-hydrogen) atoms. The molecule has 1 unspecified atom stereocenters. The van der Waals surface area contributed by atoms with E-state index in [0.29, 0.717) is 12.1 Å². The van der Waals surface area contributed by atoms with Crippen LogP contribution < -0.4 is 10.5 Å². The van der Waals surface area contributed by atoms with Crippen molar-refractivity contribution < 1.29 is 22.4 Å². The molecule has 2 aromatic rings. The van der Waals surface area contributed by atoms with E-state index < -0.39 is 16.0 Å². The number of fused-ring (bicyclic) bond motifs is 1. The standard InChI is InChI=1S/C16H18N2O5S.ClH/c1-22-16(19)11-8-15(23-9-11)24(20,21)18-14-4-2-3-10-7-12(17)5-6-13(10)14;/h5-9,14,18H,2-4,17H2,1H3;1H. The van der Waals surface area contributed by atoms with Gasteiger partial charge < -0.3 is 14.9 Å². The minimum atomic E-state index is -3.89. The van der Waals surface area contributed by atoms with Gasteiger partial charge in [0.15, 0.2) is 0 Å². The molecule has 9 heteroatoms. The van der Waals surface area contributed by atoms with E-state index in [2.05, 4.69) is 9.46 Å². The van der Waals surface area contributed by atoms with Crippen LogP contribution in [0.4, 0.5) is 5.69 Å². The van der Waals surface area contributed by atoms with Crippen molar-refractivity contribution in [3.05, 3.63) is 47.2 Å². The second-order valence-corrected chi connectivity index (χ2v) is 7.32. The molecular formula is C16H19ClN2O5S. The van der Waals surface area contributed by atoms with Gasteiger partial charge >= 0.3 is 5.97 Å². The maximum atomic E-state index is 12.5. The Bertz CT molecular complexity index is 878. The highest BCUT2D eigenvalue weighted by Crippen LogP contribution is 2.32. The zero-order valence-electron chi connectivity index (χ0n) is 13.5. The number of esters is 1. The summed E-state index contributed by atoms with van der Waals surface area (Å²) >= 11 is 0. The van der Waals surface area contributed by atoms with Gasteiger partial charge in [-0.1, -0.05) is 6.07 Å². The molecule has 3 rings (SSSR count). The normalized spacial score (nSPS) is 16.6. The first kappa shape index (κ1) is 19.3. The number of rotatable bonds is 4. The molecular weight excluding hydrogens is 368 g/mol. The lowest BCUT2D eigenvalue weighted by molar-refractivity contribution is 0.0600. The Morgan fingerprint density at radius 3 is 2.84 bits per heavy atom. The second-order valence-electron chi connectivity index (χ2n) is 5.67. The Morgan fingerprint density at radius 2 is 2.12 bits per heavy atom. The van der Waals surface area contributed by atoms with Crippen LogP contribution in [0.2, 0.25) is 0 Å². The van der Waals surface area contributed by atoms with Crippen molar-refractivity contribution >= 4 is 34.1 Å². The summed E-state index contributed by atoms with van der Waals surface area (Å²) in [5.74, 6) is -0.654. The van der Waals surface area contributed by atoms with Gasteiger partial charge in [0, 0.05) is 17.8 Å². The number of carbonyl (C=O) groups is 1. The number of furan rings is 1. The highest BCUT2D eigenvalue weighted by Gasteiger charge is 2.28. The third-order valence-electron chi connectivity index (χ3n) is 4.04. The quantitative estimate of drug-likeness (QED) is 0.616. The molecule has 0 radical (unpaired) electrons. The van der Waals surface area contributed by atoms with E-state index in [0.717, 1.165) is 36.3 Å². The van der Waals surface area contributed by atoms with Crippen LogP contribution in [-0.4, -0.2) is 21.5 Å². The van der Waals surface area contributed by atoms with Crippen LogP contribution in [0, 0.1) is 0 Å². The molecule has 1 heterocycles. The molecule has 7 nitrogen and oxygen atoms in total. The van der Waals surface area contributed by atoms with Gasteiger partial charge in [0.1, 0.15) is 6.26 Å². The number of nitrogens with two attached hydrogens (primary N) is 1. The molecule has 1 aromatic heterocycles. The number of halogens is 1. The molecule has 0 saturated carbocycles. The number of nitrogens with one attached hydrogen (secondary N) is 1. The van der Waals surface area contributed by atoms with E-state index in [1.807, 2.05) is 12.1 Å². The minimum absolute atomic E-state index is 0. The van der Waals surface area contributed by atoms with Crippen molar-refractivity contribution in [1.82, 2.24) is 4.72 Å². The molecule has 0 fully saturated rings. The van der Waals surface area contributed by atoms with E-state index in [1.165, 1.54) is 7.11 Å². The number of anilines is 1. The number of carbonyl (C=O) groups excluding carboxylic acids is 1. The summed E-state index contributed by atoms with van der Waals surface area (Å²) in [6.45, 7) is 0. The lowest BCUT2D eigenvalue weighted by Gasteiger charge is -2.26. The summed E-state index contributed by atoms with van der Waals surface area (Å²) in [7, 11) is -2.67. The number of methoxy groups -OCH3 is 1. The summed E-state index contributed by atoms with van der Waals surface area (Å²) in [6, 6.07) is 6.28. The topological polar surface area (TPSA) is 112 Å². The number of ether oxygens (including phenoxy) is 1. The predicted octanol–water partition coefficient (Wildman–Crippen LogP) is 2.43. The molecule has 1 aliphatic rings. The number of sulfonamides is 1. The Morgan fingerprint density at radius 1 is 1.36 bits per heavy atom. The fourth-order valence-corrected chi connectivity index (χ4v) is 4.08. The third kappa shape index (κ3) is 3.97. The van der Waals surface area contributed by atoms with Gasteiger partial charge in [-0.05, 0) is 42.5 Å². The van der Waals surface area contributed by atoms with Crippen LogP contribution in [0.1, 0.15) is 40.4 Å². The molecule has 1 aliphatic carbocycles. The molecule has 0 bridgehead atoms. The number of benzene rings is 1. The van der Waals surface area contributed by atoms with Crippen LogP contribution in [-0.2, 0) is 21.2 Å². The minimum Gasteiger partial charge on any atom is -0.465 e. The number of hydrogen-bond donors (Lipinski definition) is 2. The van der Waals surface area contributed by atoms with Gasteiger partial charge in [0.05, 0.1) is 12.7 Å². The van der Waals surface area contributed by atoms with E-state index in [1.54, 1.807) is 6.07 Å². The van der Waals surface area contributed by atoms with E-state index >= 15 is 0 Å². The first-order chi connectivity index (χ1) is 11.4. The Kier molecular flexibility index (Phi) is 5.76. The van der Waals surface area contributed by atoms with Gasteiger partial charge in [-0.2, -0.15) is 0 Å². The maximum Gasteiger partial charge on any atom is 0.341 e. The predicted molar refractivity (Wildman–Crippen MR) is 94.2 cm³/mol. The highest BCUT2D eigenvalue weighted by molar-refractivity contribution is 7.89. The van der Waals surface area contributed by atoms with Gasteiger partial charge in [-0.15, -0.1) is 12.4 Å². The van der Waals surface area contributed by atoms with Crippen molar-refractivity contribution in [3.8, 4) is 0 Å². The van der Waals surface area contributed by atoms with E-state index in [-0.39, 0.29) is 29.1 Å². The number of hydrogen-bond acceptors (Lipinski definition) is 6. The van der Waals surface area contributed by atoms with Crippen LogP contribution in [0.5, 0.6) is 0 Å². The van der Waals surface area contributed by atoms with Crippen LogP contribution in [0.25, 0.3) is 0 Å². The van der Waals surface area contributed by atoms with E-state index in [9.17, 15) is 13.2 Å². The fraction of sp³-hybridized carbons (Fsp3) is 0.312. The number of nitrogen functional groups attached to an aromatic ring is 1. The summed E-state index contributed by atoms with van der Waals surface area (Å²) in [6.07, 6.45) is 3.47. The largest absolute Gasteiger partial charge is 0.465 e. The smallest absolute Gasteiger partial charge is 0.341 e. The van der Waals surface area contributed by atoms with Gasteiger partial charge in [-0.25, -0.2) is 17.9 Å². The van der Waals surface area contributed by atoms with Gasteiger partial charge in [0.25, 0.3) is 10.0 Å². The van der Waals surface area contributed by atoms with Crippen molar-refractivity contribution in [2.24, 2.45) is 0 Å². The SMILES string of the molecule is COC(=O)c1coc(S(=O)(=O)NC2CCCc3cc(N)ccc32)c1.Cl. The third-order valence-corrected chi connectivity index (χ3v) is 5.38. The summed E-state index contributed by atoms with van der Waals surface area (Å²) in [5, 5.41) is -0.314. The van der Waals surface area contributed by atoms with Crippen LogP contribution in [0.3, 0.4) is 0 Å². The zero-order valence-corrected chi connectivity index (χ0v) is 15.2. The first-order valence-electron chi connectivity index (χ1n) is 7.48. The molecule has 1 atom stereocenters. The average Bonchev–Trinajstić information content (AvgIpc) is 3.04. The molecule has 0 amide bonds. The lowest BCUT2D eigenvalue weighted by atomic mass is 9.88. The van der Waals surface area contributed by atoms with Crippen molar-refractivity contribution in [2.45, 2.75) is 30.4 Å². The van der Waals surface area contributed by atoms with Crippen molar-refractivity contribution in [2.75, 3.05) is 12.8 Å². The Balaban J connectivity index is 0.00000225. The lowest BCUT2D eigenvalue weighted by Crippen LogP contribution is -2.31. The summed E-state index contributed by atoms with van der Waals surface area (Å²) < 4.78 is 37.3. The zero-order chi connectivity index (χ0) is 17.3. The second kappa shape index (κ2) is 7.47. The molecule has 136 valence electrons. The molecule has 0 spiro atoms. The van der Waals surface area contributed by atoms with Crippen molar-refractivity contribution in [3.63, 3.8) is 0 Å². The first-order valence-corrected chi connectivity index (χ1v) is 8.96. The van der Waals surface area contributed by atoms with Gasteiger partial charge in [0.2, 0.25) is 5.09 Å². The molecule has 0 saturated heterocycles. The van der Waals surface area contributed by atoms with Crippen LogP contribution >= 0.6 is 12.4 Å². The average molecular weight is 387 g/mol. The molecule has 0 aliphatic heterocycles. The molecule has 3 N–H and O–H groups in total. The Hall–Kier alpha value is -2.03. The maximum absolute atomic E-state index is 12.5. The summed E-state index contributed by atoms with van der Waals surface area (Å²) in [4.78, 5) is 11.4. The fourth-order valence-electron chi connectivity index (χ4n) is 2.88. The van der Waals surface area contributed by atoms with Gasteiger partial charge in [-0.3, -0.25) is 0 Å².